The summed E-state index contributed by atoms with van der Waals surface area (Å²) in [7, 11) is 0. The lowest BCUT2D eigenvalue weighted by Crippen LogP contribution is -2.25. The van der Waals surface area contributed by atoms with Crippen LogP contribution in [0.2, 0.25) is 0 Å². The first-order valence-corrected chi connectivity index (χ1v) is 10.3. The van der Waals surface area contributed by atoms with Gasteiger partial charge in [0.25, 0.3) is 0 Å². The van der Waals surface area contributed by atoms with Crippen molar-refractivity contribution in [2.24, 2.45) is 0 Å². The lowest BCUT2D eigenvalue weighted by Gasteiger charge is -2.23. The Morgan fingerprint density at radius 1 is 1.22 bits per heavy atom. The molecule has 5 rings (SSSR count). The number of hydrogen-bond donors (Lipinski definition) is 2. The third kappa shape index (κ3) is 3.76. The van der Waals surface area contributed by atoms with E-state index in [1.54, 1.807) is 12.3 Å². The van der Waals surface area contributed by atoms with Crippen molar-refractivity contribution in [3.8, 4) is 17.3 Å². The van der Waals surface area contributed by atoms with Crippen molar-refractivity contribution in [1.82, 2.24) is 30.3 Å². The van der Waals surface area contributed by atoms with Gasteiger partial charge in [0, 0.05) is 47.9 Å². The largest absolute Gasteiger partial charge is 0.359 e. The van der Waals surface area contributed by atoms with Gasteiger partial charge in [0.2, 0.25) is 5.95 Å². The van der Waals surface area contributed by atoms with E-state index < -0.39 is 0 Å². The molecule has 5 heterocycles. The first-order chi connectivity index (χ1) is 15.6. The molecule has 10 heteroatoms. The molecule has 0 aliphatic carbocycles. The van der Waals surface area contributed by atoms with Crippen molar-refractivity contribution in [2.45, 2.75) is 32.7 Å². The summed E-state index contributed by atoms with van der Waals surface area (Å²) in [5, 5.41) is 23.9. The summed E-state index contributed by atoms with van der Waals surface area (Å²) in [6.45, 7) is 4.69. The molecule has 1 aliphatic heterocycles. The smallest absolute Gasteiger partial charge is 0.228 e. The van der Waals surface area contributed by atoms with Crippen molar-refractivity contribution >= 4 is 17.6 Å². The zero-order valence-corrected chi connectivity index (χ0v) is 17.7. The number of pyridine rings is 1. The fourth-order valence-electron chi connectivity index (χ4n) is 3.93. The van der Waals surface area contributed by atoms with Gasteiger partial charge in [0.05, 0.1) is 6.04 Å². The van der Waals surface area contributed by atoms with Crippen LogP contribution >= 0.6 is 0 Å². The Morgan fingerprint density at radius 3 is 2.94 bits per heavy atom. The molecule has 0 amide bonds. The predicted molar refractivity (Wildman–Crippen MR) is 117 cm³/mol. The molecule has 1 saturated heterocycles. The van der Waals surface area contributed by atoms with Gasteiger partial charge in [-0.3, -0.25) is 5.10 Å². The van der Waals surface area contributed by atoms with Crippen LogP contribution in [0.25, 0.3) is 11.3 Å². The highest BCUT2D eigenvalue weighted by Gasteiger charge is 2.32. The number of hydrogen-bond acceptors (Lipinski definition) is 9. The number of aromatic amines is 1. The van der Waals surface area contributed by atoms with Gasteiger partial charge in [-0.05, 0) is 38.8 Å². The van der Waals surface area contributed by atoms with Gasteiger partial charge in [-0.2, -0.15) is 15.3 Å². The van der Waals surface area contributed by atoms with Crippen molar-refractivity contribution in [2.75, 3.05) is 16.8 Å². The fourth-order valence-corrected chi connectivity index (χ4v) is 3.93. The summed E-state index contributed by atoms with van der Waals surface area (Å²) >= 11 is 0. The molecule has 0 saturated carbocycles. The third-order valence-electron chi connectivity index (χ3n) is 5.36. The summed E-state index contributed by atoms with van der Waals surface area (Å²) in [4.78, 5) is 15.6. The molecule has 1 atom stereocenters. The average molecular weight is 427 g/mol. The average Bonchev–Trinajstić information content (AvgIpc) is 3.54. The van der Waals surface area contributed by atoms with Gasteiger partial charge in [0.1, 0.15) is 23.3 Å². The van der Waals surface area contributed by atoms with E-state index in [4.69, 9.17) is 9.51 Å². The molecule has 1 aliphatic rings. The maximum Gasteiger partial charge on any atom is 0.228 e. The molecule has 32 heavy (non-hydrogen) atoms. The van der Waals surface area contributed by atoms with E-state index >= 15 is 0 Å². The fraction of sp³-hybridized carbons (Fsp3) is 0.273. The van der Waals surface area contributed by atoms with Crippen LogP contribution in [0.1, 0.15) is 41.7 Å². The Kier molecular flexibility index (Phi) is 4.99. The van der Waals surface area contributed by atoms with Gasteiger partial charge in [-0.25, -0.2) is 9.97 Å². The van der Waals surface area contributed by atoms with Crippen LogP contribution in [-0.4, -0.2) is 36.9 Å². The molecule has 0 spiro atoms. The van der Waals surface area contributed by atoms with Gasteiger partial charge in [-0.15, -0.1) is 0 Å². The Bertz CT molecular complexity index is 1300. The van der Waals surface area contributed by atoms with Crippen LogP contribution in [-0.2, 0) is 0 Å². The number of nitriles is 1. The van der Waals surface area contributed by atoms with E-state index in [0.717, 1.165) is 30.8 Å². The number of H-pyrrole nitrogens is 1. The molecule has 0 radical (unpaired) electrons. The summed E-state index contributed by atoms with van der Waals surface area (Å²) in [6, 6.07) is 11.3. The predicted octanol–water partition coefficient (Wildman–Crippen LogP) is 3.82. The van der Waals surface area contributed by atoms with Crippen LogP contribution in [0.3, 0.4) is 0 Å². The standard InChI is InChI=1S/C22H21N9O/c1-13-9-20(26-21-10-14(2)28-29-21)27-22(25-13)31-8-4-6-18(31)19-11-16(30-32-19)15-5-3-7-24-17(15)12-23/h3,5,7,9-11,18H,4,6,8H2,1-2H3,(H2,25,26,27,28,29). The van der Waals surface area contributed by atoms with E-state index in [1.807, 2.05) is 38.1 Å². The summed E-state index contributed by atoms with van der Waals surface area (Å²) < 4.78 is 5.70. The van der Waals surface area contributed by atoms with E-state index in [-0.39, 0.29) is 6.04 Å². The Hall–Kier alpha value is -4.26. The summed E-state index contributed by atoms with van der Waals surface area (Å²) in [6.07, 6.45) is 3.47. The Morgan fingerprint density at radius 2 is 2.12 bits per heavy atom. The Balaban J connectivity index is 1.43. The lowest BCUT2D eigenvalue weighted by atomic mass is 10.1. The zero-order valence-electron chi connectivity index (χ0n) is 17.7. The first-order valence-electron chi connectivity index (χ1n) is 10.3. The number of anilines is 3. The molecular formula is C22H21N9O. The monoisotopic (exact) mass is 427 g/mol. The molecule has 4 aromatic heterocycles. The topological polar surface area (TPSA) is 132 Å². The minimum Gasteiger partial charge on any atom is -0.359 e. The van der Waals surface area contributed by atoms with Gasteiger partial charge in [0.15, 0.2) is 11.6 Å². The molecule has 0 aromatic carbocycles. The highest BCUT2D eigenvalue weighted by molar-refractivity contribution is 5.65. The molecular weight excluding hydrogens is 406 g/mol. The molecule has 160 valence electrons. The van der Waals surface area contributed by atoms with Crippen LogP contribution in [0, 0.1) is 25.2 Å². The van der Waals surface area contributed by atoms with Crippen LogP contribution < -0.4 is 10.2 Å². The van der Waals surface area contributed by atoms with Crippen molar-refractivity contribution in [3.05, 3.63) is 59.4 Å². The van der Waals surface area contributed by atoms with E-state index in [0.29, 0.717) is 40.3 Å². The second kappa shape index (κ2) is 8.11. The van der Waals surface area contributed by atoms with E-state index in [1.165, 1.54) is 0 Å². The Labute approximate surface area is 184 Å². The zero-order chi connectivity index (χ0) is 22.1. The maximum absolute atomic E-state index is 9.34. The first kappa shape index (κ1) is 19.7. The quantitative estimate of drug-likeness (QED) is 0.487. The minimum absolute atomic E-state index is 0.0410. The molecule has 10 nitrogen and oxygen atoms in total. The van der Waals surface area contributed by atoms with Crippen molar-refractivity contribution < 1.29 is 4.52 Å². The highest BCUT2D eigenvalue weighted by Crippen LogP contribution is 2.37. The molecule has 4 aromatic rings. The van der Waals surface area contributed by atoms with E-state index in [2.05, 4.69) is 41.6 Å². The molecule has 1 unspecified atom stereocenters. The van der Waals surface area contributed by atoms with Gasteiger partial charge < -0.3 is 14.7 Å². The maximum atomic E-state index is 9.34. The van der Waals surface area contributed by atoms with Gasteiger partial charge in [-0.1, -0.05) is 5.16 Å². The molecule has 0 bridgehead atoms. The summed E-state index contributed by atoms with van der Waals surface area (Å²) in [5.41, 5.74) is 3.39. The van der Waals surface area contributed by atoms with Crippen molar-refractivity contribution in [3.63, 3.8) is 0 Å². The minimum atomic E-state index is -0.0410. The number of aromatic nitrogens is 6. The SMILES string of the molecule is Cc1cc(Nc2cc(C)[nH]n2)nc(N2CCCC2c2cc(-c3cccnc3C#N)no2)n1. The third-order valence-corrected chi connectivity index (χ3v) is 5.36. The number of rotatable bonds is 5. The van der Waals surface area contributed by atoms with Crippen LogP contribution in [0.4, 0.5) is 17.6 Å². The number of aryl methyl sites for hydroxylation is 2. The second-order valence-corrected chi connectivity index (χ2v) is 7.73. The molecule has 2 N–H and O–H groups in total. The normalized spacial score (nSPS) is 15.7. The van der Waals surface area contributed by atoms with Crippen LogP contribution in [0.15, 0.2) is 41.1 Å². The summed E-state index contributed by atoms with van der Waals surface area (Å²) in [5.74, 6) is 2.72. The lowest BCUT2D eigenvalue weighted by molar-refractivity contribution is 0.362. The van der Waals surface area contributed by atoms with E-state index in [9.17, 15) is 5.26 Å². The van der Waals surface area contributed by atoms with Gasteiger partial charge >= 0.3 is 0 Å². The number of nitrogens with zero attached hydrogens (tertiary/aromatic N) is 7. The highest BCUT2D eigenvalue weighted by atomic mass is 16.5. The number of nitrogens with one attached hydrogen (secondary N) is 2. The van der Waals surface area contributed by atoms with Crippen LogP contribution in [0.5, 0.6) is 0 Å². The van der Waals surface area contributed by atoms with Crippen molar-refractivity contribution in [1.29, 1.82) is 5.26 Å². The second-order valence-electron chi connectivity index (χ2n) is 7.73. The molecule has 1 fully saturated rings.